The Morgan fingerprint density at radius 1 is 1.24 bits per heavy atom. The van der Waals surface area contributed by atoms with Crippen molar-refractivity contribution in [1.82, 2.24) is 10.1 Å². The van der Waals surface area contributed by atoms with E-state index < -0.39 is 0 Å². The normalized spacial score (nSPS) is 20.8. The molecular formula is C13H23N3O. The highest BCUT2D eigenvalue weighted by atomic mass is 16.5. The summed E-state index contributed by atoms with van der Waals surface area (Å²) in [5.74, 6) is 2.27. The Hall–Kier alpha value is -0.900. The summed E-state index contributed by atoms with van der Waals surface area (Å²) in [5.41, 5.74) is 5.61. The van der Waals surface area contributed by atoms with Gasteiger partial charge in [-0.3, -0.25) is 0 Å². The minimum Gasteiger partial charge on any atom is -0.339 e. The van der Waals surface area contributed by atoms with Gasteiger partial charge >= 0.3 is 0 Å². The zero-order chi connectivity index (χ0) is 12.1. The molecule has 1 aromatic rings. The van der Waals surface area contributed by atoms with Gasteiger partial charge < -0.3 is 10.3 Å². The molecule has 1 aliphatic carbocycles. The van der Waals surface area contributed by atoms with E-state index in [4.69, 9.17) is 10.3 Å². The van der Waals surface area contributed by atoms with Crippen molar-refractivity contribution >= 4 is 0 Å². The summed E-state index contributed by atoms with van der Waals surface area (Å²) in [6.45, 7) is 2.59. The molecule has 0 aromatic carbocycles. The first-order valence-electron chi connectivity index (χ1n) is 6.85. The van der Waals surface area contributed by atoms with Crippen molar-refractivity contribution in [1.29, 1.82) is 0 Å². The van der Waals surface area contributed by atoms with Crippen LogP contribution in [-0.2, 0) is 0 Å². The van der Waals surface area contributed by atoms with Crippen molar-refractivity contribution in [3.63, 3.8) is 0 Å². The molecule has 0 spiro atoms. The average molecular weight is 237 g/mol. The molecule has 1 fully saturated rings. The summed E-state index contributed by atoms with van der Waals surface area (Å²) in [7, 11) is 0. The fourth-order valence-corrected chi connectivity index (χ4v) is 2.43. The molecule has 0 bridgehead atoms. The highest BCUT2D eigenvalue weighted by Crippen LogP contribution is 2.29. The SMILES string of the molecule is CC(CN)c1nc(C2CCCCCCC2)no1. The van der Waals surface area contributed by atoms with Crippen LogP contribution in [0.3, 0.4) is 0 Å². The van der Waals surface area contributed by atoms with Crippen molar-refractivity contribution in [2.75, 3.05) is 6.54 Å². The molecule has 1 atom stereocenters. The van der Waals surface area contributed by atoms with Crippen LogP contribution in [0.1, 0.15) is 75.4 Å². The molecule has 1 aromatic heterocycles. The third kappa shape index (κ3) is 3.28. The molecule has 1 heterocycles. The van der Waals surface area contributed by atoms with Crippen LogP contribution in [0.5, 0.6) is 0 Å². The monoisotopic (exact) mass is 237 g/mol. The lowest BCUT2D eigenvalue weighted by atomic mass is 9.91. The van der Waals surface area contributed by atoms with Gasteiger partial charge in [0.25, 0.3) is 0 Å². The number of aromatic nitrogens is 2. The van der Waals surface area contributed by atoms with Crippen LogP contribution < -0.4 is 5.73 Å². The van der Waals surface area contributed by atoms with E-state index in [-0.39, 0.29) is 5.92 Å². The number of nitrogens with two attached hydrogens (primary N) is 1. The van der Waals surface area contributed by atoms with Gasteiger partial charge in [-0.05, 0) is 12.8 Å². The number of hydrogen-bond donors (Lipinski definition) is 1. The molecule has 1 saturated carbocycles. The molecule has 2 N–H and O–H groups in total. The molecular weight excluding hydrogens is 214 g/mol. The van der Waals surface area contributed by atoms with E-state index >= 15 is 0 Å². The standard InChI is InChI=1S/C13H23N3O/c1-10(9-14)13-15-12(16-17-13)11-7-5-3-2-4-6-8-11/h10-11H,2-9,14H2,1H3. The average Bonchev–Trinajstić information content (AvgIpc) is 2.77. The second-order valence-corrected chi connectivity index (χ2v) is 5.17. The Labute approximate surface area is 103 Å². The molecule has 4 nitrogen and oxygen atoms in total. The predicted octanol–water partition coefficient (Wildman–Crippen LogP) is 2.96. The number of hydrogen-bond acceptors (Lipinski definition) is 4. The zero-order valence-electron chi connectivity index (χ0n) is 10.7. The Balaban J connectivity index is 2.01. The second-order valence-electron chi connectivity index (χ2n) is 5.17. The van der Waals surface area contributed by atoms with Gasteiger partial charge in [0.1, 0.15) is 0 Å². The van der Waals surface area contributed by atoms with Gasteiger partial charge in [0.2, 0.25) is 5.89 Å². The van der Waals surface area contributed by atoms with Gasteiger partial charge in [-0.25, -0.2) is 0 Å². The van der Waals surface area contributed by atoms with Crippen LogP contribution in [0.25, 0.3) is 0 Å². The molecule has 0 aliphatic heterocycles. The molecule has 4 heteroatoms. The maximum Gasteiger partial charge on any atom is 0.230 e. The third-order valence-corrected chi connectivity index (χ3v) is 3.70. The van der Waals surface area contributed by atoms with Crippen molar-refractivity contribution < 1.29 is 4.52 Å². The van der Waals surface area contributed by atoms with E-state index in [1.807, 2.05) is 6.92 Å². The molecule has 1 aliphatic rings. The van der Waals surface area contributed by atoms with Crippen LogP contribution >= 0.6 is 0 Å². The van der Waals surface area contributed by atoms with Gasteiger partial charge in [-0.1, -0.05) is 44.2 Å². The maximum absolute atomic E-state index is 5.61. The first-order chi connectivity index (χ1) is 8.31. The molecule has 1 unspecified atom stereocenters. The van der Waals surface area contributed by atoms with Crippen molar-refractivity contribution in [2.45, 2.75) is 63.7 Å². The number of nitrogens with zero attached hydrogens (tertiary/aromatic N) is 2. The van der Waals surface area contributed by atoms with Gasteiger partial charge in [0, 0.05) is 18.4 Å². The third-order valence-electron chi connectivity index (χ3n) is 3.70. The van der Waals surface area contributed by atoms with Gasteiger partial charge in [0.05, 0.1) is 0 Å². The van der Waals surface area contributed by atoms with Crippen molar-refractivity contribution in [3.8, 4) is 0 Å². The van der Waals surface area contributed by atoms with Gasteiger partial charge in [-0.15, -0.1) is 0 Å². The quantitative estimate of drug-likeness (QED) is 0.877. The summed E-state index contributed by atoms with van der Waals surface area (Å²) in [5, 5.41) is 4.14. The molecule has 0 saturated heterocycles. The summed E-state index contributed by atoms with van der Waals surface area (Å²) >= 11 is 0. The van der Waals surface area contributed by atoms with Crippen LogP contribution in [0, 0.1) is 0 Å². The molecule has 0 amide bonds. The van der Waals surface area contributed by atoms with Crippen LogP contribution in [-0.4, -0.2) is 16.7 Å². The Morgan fingerprint density at radius 3 is 2.53 bits per heavy atom. The Bertz CT molecular complexity index is 329. The number of rotatable bonds is 3. The highest BCUT2D eigenvalue weighted by molar-refractivity contribution is 4.99. The molecule has 17 heavy (non-hydrogen) atoms. The fourth-order valence-electron chi connectivity index (χ4n) is 2.43. The topological polar surface area (TPSA) is 64.9 Å². The molecule has 2 rings (SSSR count). The fraction of sp³-hybridized carbons (Fsp3) is 0.846. The zero-order valence-corrected chi connectivity index (χ0v) is 10.7. The van der Waals surface area contributed by atoms with Crippen LogP contribution in [0.15, 0.2) is 4.52 Å². The van der Waals surface area contributed by atoms with E-state index in [1.165, 1.54) is 44.9 Å². The first-order valence-corrected chi connectivity index (χ1v) is 6.85. The molecule has 96 valence electrons. The van der Waals surface area contributed by atoms with Crippen molar-refractivity contribution in [2.24, 2.45) is 5.73 Å². The van der Waals surface area contributed by atoms with E-state index in [9.17, 15) is 0 Å². The largest absolute Gasteiger partial charge is 0.339 e. The molecule has 0 radical (unpaired) electrons. The minimum atomic E-state index is 0.171. The van der Waals surface area contributed by atoms with Crippen molar-refractivity contribution in [3.05, 3.63) is 11.7 Å². The smallest absolute Gasteiger partial charge is 0.230 e. The predicted molar refractivity (Wildman–Crippen MR) is 66.8 cm³/mol. The van der Waals surface area contributed by atoms with Gasteiger partial charge in [-0.2, -0.15) is 4.98 Å². The van der Waals surface area contributed by atoms with E-state index in [2.05, 4.69) is 10.1 Å². The summed E-state index contributed by atoms with van der Waals surface area (Å²) < 4.78 is 5.30. The lowest BCUT2D eigenvalue weighted by Crippen LogP contribution is -2.09. The highest BCUT2D eigenvalue weighted by Gasteiger charge is 2.20. The lowest BCUT2D eigenvalue weighted by molar-refractivity contribution is 0.348. The first kappa shape index (κ1) is 12.6. The summed E-state index contributed by atoms with van der Waals surface area (Å²) in [6, 6.07) is 0. The summed E-state index contributed by atoms with van der Waals surface area (Å²) in [6.07, 6.45) is 9.07. The van der Waals surface area contributed by atoms with E-state index in [0.29, 0.717) is 18.4 Å². The van der Waals surface area contributed by atoms with Crippen LogP contribution in [0.4, 0.5) is 0 Å². The lowest BCUT2D eigenvalue weighted by Gasteiger charge is -2.15. The Kier molecular flexibility index (Phi) is 4.54. The second kappa shape index (κ2) is 6.15. The Morgan fingerprint density at radius 2 is 1.88 bits per heavy atom. The minimum absolute atomic E-state index is 0.171. The van der Waals surface area contributed by atoms with Crippen LogP contribution in [0.2, 0.25) is 0 Å². The maximum atomic E-state index is 5.61. The summed E-state index contributed by atoms with van der Waals surface area (Å²) in [4.78, 5) is 4.52. The van der Waals surface area contributed by atoms with E-state index in [0.717, 1.165) is 5.82 Å². The van der Waals surface area contributed by atoms with Gasteiger partial charge in [0.15, 0.2) is 5.82 Å². The van der Waals surface area contributed by atoms with E-state index in [1.54, 1.807) is 0 Å².